The second-order valence-corrected chi connectivity index (χ2v) is 12.0. The van der Waals surface area contributed by atoms with E-state index in [0.29, 0.717) is 0 Å². The number of nitrogens with zero attached hydrogens (tertiary/aromatic N) is 5. The summed E-state index contributed by atoms with van der Waals surface area (Å²) in [4.78, 5) is 30.1. The normalized spacial score (nSPS) is 20.3. The van der Waals surface area contributed by atoms with Crippen molar-refractivity contribution in [3.63, 3.8) is 0 Å². The van der Waals surface area contributed by atoms with Gasteiger partial charge < -0.3 is 10.6 Å². The summed E-state index contributed by atoms with van der Waals surface area (Å²) < 4.78 is 99.0. The first-order chi connectivity index (χ1) is 20.5. The lowest BCUT2D eigenvalue weighted by Crippen LogP contribution is -2.42. The quantitative estimate of drug-likeness (QED) is 0.284. The van der Waals surface area contributed by atoms with Crippen molar-refractivity contribution in [1.82, 2.24) is 35.0 Å². The van der Waals surface area contributed by atoms with E-state index in [1.807, 2.05) is 19.2 Å². The maximum atomic E-state index is 14.0. The number of amides is 2. The molecule has 3 aromatic rings. The van der Waals surface area contributed by atoms with Gasteiger partial charge in [-0.05, 0) is 50.7 Å². The van der Waals surface area contributed by atoms with E-state index >= 15 is 0 Å². The Kier molecular flexibility index (Phi) is 8.39. The van der Waals surface area contributed by atoms with Crippen molar-refractivity contribution in [2.24, 2.45) is 11.8 Å². The Bertz CT molecular complexity index is 1500. The highest BCUT2D eigenvalue weighted by molar-refractivity contribution is 5.92. The Morgan fingerprint density at radius 1 is 1.05 bits per heavy atom. The van der Waals surface area contributed by atoms with Gasteiger partial charge in [0.2, 0.25) is 17.8 Å². The van der Waals surface area contributed by atoms with Gasteiger partial charge in [0, 0.05) is 49.9 Å². The fraction of sp³-hybridized carbons (Fsp3) is 0.607. The molecule has 240 valence electrons. The molecule has 3 aromatic heterocycles. The first kappa shape index (κ1) is 31.7. The lowest BCUT2D eigenvalue weighted by atomic mass is 9.79. The molecule has 9 nitrogen and oxygen atoms in total. The molecule has 2 atom stereocenters. The molecule has 0 aliphatic heterocycles. The van der Waals surface area contributed by atoms with Crippen LogP contribution in [-0.2, 0) is 4.79 Å². The summed E-state index contributed by atoms with van der Waals surface area (Å²) in [5.74, 6) is -8.44. The molecule has 0 unspecified atom stereocenters. The van der Waals surface area contributed by atoms with Gasteiger partial charge in [-0.25, -0.2) is 27.1 Å². The lowest BCUT2D eigenvalue weighted by Gasteiger charge is -2.34. The van der Waals surface area contributed by atoms with Crippen LogP contribution >= 0.6 is 0 Å². The number of fused-ring (bicyclic) bond motifs is 1. The van der Waals surface area contributed by atoms with Gasteiger partial charge in [0.25, 0.3) is 5.91 Å². The topological polar surface area (TPSA) is 106 Å². The smallest absolute Gasteiger partial charge is 0.342 e. The molecule has 3 heterocycles. The van der Waals surface area contributed by atoms with E-state index < -0.39 is 91.4 Å². The number of nitrogens with one attached hydrogen (secondary N) is 2. The first-order valence-electron chi connectivity index (χ1n) is 14.3. The van der Waals surface area contributed by atoms with E-state index in [2.05, 4.69) is 20.5 Å². The van der Waals surface area contributed by atoms with Gasteiger partial charge in [-0.3, -0.25) is 14.3 Å². The van der Waals surface area contributed by atoms with Gasteiger partial charge in [-0.1, -0.05) is 0 Å². The van der Waals surface area contributed by atoms with Gasteiger partial charge in [0.05, 0.1) is 24.1 Å². The molecule has 0 spiro atoms. The van der Waals surface area contributed by atoms with Crippen LogP contribution in [0.3, 0.4) is 0 Å². The Morgan fingerprint density at radius 2 is 1.73 bits per heavy atom. The fourth-order valence-corrected chi connectivity index (χ4v) is 5.93. The van der Waals surface area contributed by atoms with Crippen LogP contribution in [0.1, 0.15) is 98.7 Å². The third-order valence-corrected chi connectivity index (χ3v) is 8.21. The Balaban J connectivity index is 1.41. The molecule has 0 saturated heterocycles. The van der Waals surface area contributed by atoms with Crippen molar-refractivity contribution < 1.29 is 40.3 Å². The second-order valence-electron chi connectivity index (χ2n) is 12.0. The molecule has 2 N–H and O–H groups in total. The molecule has 16 heteroatoms. The average molecular weight is 632 g/mol. The number of imidazole rings is 1. The van der Waals surface area contributed by atoms with Crippen LogP contribution in [0.25, 0.3) is 5.65 Å². The van der Waals surface area contributed by atoms with Crippen molar-refractivity contribution in [2.75, 3.05) is 0 Å². The van der Waals surface area contributed by atoms with Crippen molar-refractivity contribution in [3.05, 3.63) is 47.7 Å². The number of carbonyl (C=O) groups is 2. The van der Waals surface area contributed by atoms with E-state index in [-0.39, 0.29) is 35.9 Å². The molecule has 0 aromatic carbocycles. The Morgan fingerprint density at radius 3 is 2.34 bits per heavy atom. The number of rotatable bonds is 9. The van der Waals surface area contributed by atoms with Crippen LogP contribution in [-0.4, -0.2) is 54.2 Å². The van der Waals surface area contributed by atoms with Crippen LogP contribution in [0.5, 0.6) is 0 Å². The number of hydrogen-bond donors (Lipinski definition) is 2. The average Bonchev–Trinajstić information content (AvgIpc) is 3.56. The number of aromatic nitrogens is 5. The number of hydrogen-bond acceptors (Lipinski definition) is 5. The van der Waals surface area contributed by atoms with Crippen molar-refractivity contribution >= 4 is 17.5 Å². The van der Waals surface area contributed by atoms with Gasteiger partial charge in [0.1, 0.15) is 5.69 Å². The summed E-state index contributed by atoms with van der Waals surface area (Å²) in [7, 11) is 0. The largest absolute Gasteiger partial charge is 0.412 e. The minimum atomic E-state index is -4.93. The highest BCUT2D eigenvalue weighted by atomic mass is 19.4. The third kappa shape index (κ3) is 6.98. The van der Waals surface area contributed by atoms with E-state index in [1.54, 1.807) is 0 Å². The van der Waals surface area contributed by atoms with Gasteiger partial charge >= 0.3 is 6.18 Å². The SMILES string of the molecule is CC(C)n1nccc1C(=O)N[C@H](c1cn2ncc([C@H](NC(=O)CC3CC(F)(F)C3)C(F)(F)F)cc2n1)C1CCC(F)(F)CC1. The van der Waals surface area contributed by atoms with Crippen LogP contribution < -0.4 is 10.6 Å². The molecular formula is C28H32F7N7O2. The van der Waals surface area contributed by atoms with E-state index in [4.69, 9.17) is 0 Å². The predicted octanol–water partition coefficient (Wildman–Crippen LogP) is 5.96. The Labute approximate surface area is 247 Å². The van der Waals surface area contributed by atoms with E-state index in [9.17, 15) is 40.3 Å². The van der Waals surface area contributed by atoms with Gasteiger partial charge in [0.15, 0.2) is 11.7 Å². The predicted molar refractivity (Wildman–Crippen MR) is 142 cm³/mol. The molecule has 2 aliphatic carbocycles. The minimum absolute atomic E-state index is 0.0350. The number of carbonyl (C=O) groups excluding carboxylic acids is 2. The molecule has 2 saturated carbocycles. The van der Waals surface area contributed by atoms with Crippen molar-refractivity contribution in [1.29, 1.82) is 0 Å². The highest BCUT2D eigenvalue weighted by Crippen LogP contribution is 2.44. The van der Waals surface area contributed by atoms with Crippen LogP contribution in [0.4, 0.5) is 30.7 Å². The third-order valence-electron chi connectivity index (χ3n) is 8.21. The maximum absolute atomic E-state index is 14.0. The summed E-state index contributed by atoms with van der Waals surface area (Å²) in [6.07, 6.45) is -3.38. The summed E-state index contributed by atoms with van der Waals surface area (Å²) in [6, 6.07) is -0.888. The van der Waals surface area contributed by atoms with E-state index in [0.717, 1.165) is 12.3 Å². The lowest BCUT2D eigenvalue weighted by molar-refractivity contribution is -0.165. The fourth-order valence-electron chi connectivity index (χ4n) is 5.93. The highest BCUT2D eigenvalue weighted by Gasteiger charge is 2.47. The molecule has 0 radical (unpaired) electrons. The second kappa shape index (κ2) is 11.7. The van der Waals surface area contributed by atoms with Crippen LogP contribution in [0.15, 0.2) is 30.7 Å². The van der Waals surface area contributed by atoms with Gasteiger partial charge in [-0.2, -0.15) is 23.4 Å². The zero-order valence-electron chi connectivity index (χ0n) is 23.9. The standard InChI is InChI=1S/C28H32F7N7O2/c1-15(2)42-20(5-8-36-42)25(44)40-23(17-3-6-26(29,30)7-4-17)19-14-41-21(38-19)10-18(13-37-41)24(28(33,34)35)39-22(43)9-16-11-27(31,32)12-16/h5,8,10,13-17,23-24H,3-4,6-7,9,11-12H2,1-2H3,(H,39,43)(H,40,44)/t23-,24-/m0/s1. The minimum Gasteiger partial charge on any atom is -0.342 e. The van der Waals surface area contributed by atoms with Crippen molar-refractivity contribution in [2.45, 2.75) is 94.9 Å². The summed E-state index contributed by atoms with van der Waals surface area (Å²) in [6.45, 7) is 3.66. The number of halogens is 7. The molecule has 0 bridgehead atoms. The van der Waals surface area contributed by atoms with Crippen molar-refractivity contribution in [3.8, 4) is 0 Å². The van der Waals surface area contributed by atoms with E-state index in [1.165, 1.54) is 27.7 Å². The Hall–Kier alpha value is -3.72. The molecular weight excluding hydrogens is 599 g/mol. The molecule has 5 rings (SSSR count). The summed E-state index contributed by atoms with van der Waals surface area (Å²) in [5, 5.41) is 12.9. The molecule has 2 amide bonds. The zero-order chi connectivity index (χ0) is 32.0. The van der Waals surface area contributed by atoms with Crippen LogP contribution in [0, 0.1) is 11.8 Å². The number of alkyl halides is 7. The van der Waals surface area contributed by atoms with Gasteiger partial charge in [-0.15, -0.1) is 0 Å². The van der Waals surface area contributed by atoms with Crippen LogP contribution in [0.2, 0.25) is 0 Å². The zero-order valence-corrected chi connectivity index (χ0v) is 23.9. The summed E-state index contributed by atoms with van der Waals surface area (Å²) >= 11 is 0. The molecule has 44 heavy (non-hydrogen) atoms. The first-order valence-corrected chi connectivity index (χ1v) is 14.3. The monoisotopic (exact) mass is 631 g/mol. The molecule has 2 aliphatic rings. The summed E-state index contributed by atoms with van der Waals surface area (Å²) in [5.41, 5.74) is -0.0163. The molecule has 2 fully saturated rings. The maximum Gasteiger partial charge on any atom is 0.412 e.